The minimum absolute atomic E-state index is 0.331. The highest BCUT2D eigenvalue weighted by Gasteiger charge is 2.13. The van der Waals surface area contributed by atoms with Crippen molar-refractivity contribution in [3.63, 3.8) is 0 Å². The third kappa shape index (κ3) is 3.55. The lowest BCUT2D eigenvalue weighted by atomic mass is 10.1. The number of fused-ring (bicyclic) bond motifs is 1. The van der Waals surface area contributed by atoms with E-state index in [1.165, 1.54) is 16.3 Å². The van der Waals surface area contributed by atoms with Gasteiger partial charge in [0.15, 0.2) is 0 Å². The molecule has 0 bridgehead atoms. The number of hydrogen-bond acceptors (Lipinski definition) is 3. The molecule has 0 unspecified atom stereocenters. The van der Waals surface area contributed by atoms with Crippen LogP contribution >= 0.6 is 0 Å². The first-order valence-electron chi connectivity index (χ1n) is 7.65. The second kappa shape index (κ2) is 6.92. The largest absolute Gasteiger partial charge is 0.491 e. The number of hydrogen-bond donors (Lipinski definition) is 0. The average molecular weight is 286 g/mol. The van der Waals surface area contributed by atoms with E-state index in [1.54, 1.807) is 0 Å². The van der Waals surface area contributed by atoms with Crippen LogP contribution in [-0.4, -0.2) is 32.5 Å². The summed E-state index contributed by atoms with van der Waals surface area (Å²) in [4.78, 5) is 0. The molecule has 1 heterocycles. The molecular weight excluding hydrogens is 264 g/mol. The van der Waals surface area contributed by atoms with Crippen molar-refractivity contribution in [2.75, 3.05) is 26.4 Å². The predicted molar refractivity (Wildman–Crippen MR) is 84.0 cm³/mol. The molecule has 3 heteroatoms. The van der Waals surface area contributed by atoms with Crippen molar-refractivity contribution in [1.29, 1.82) is 0 Å². The van der Waals surface area contributed by atoms with Crippen LogP contribution in [0.15, 0.2) is 36.4 Å². The first kappa shape index (κ1) is 14.4. The summed E-state index contributed by atoms with van der Waals surface area (Å²) in [7, 11) is 0. The van der Waals surface area contributed by atoms with Crippen LogP contribution in [0, 0.1) is 6.92 Å². The van der Waals surface area contributed by atoms with Crippen LogP contribution in [0.25, 0.3) is 10.8 Å². The fourth-order valence-electron chi connectivity index (χ4n) is 2.76. The van der Waals surface area contributed by atoms with Gasteiger partial charge in [0.25, 0.3) is 0 Å². The molecule has 3 rings (SSSR count). The topological polar surface area (TPSA) is 27.7 Å². The molecule has 0 spiro atoms. The van der Waals surface area contributed by atoms with Crippen molar-refractivity contribution < 1.29 is 14.2 Å². The van der Waals surface area contributed by atoms with E-state index >= 15 is 0 Å². The van der Waals surface area contributed by atoms with Gasteiger partial charge in [-0.1, -0.05) is 30.3 Å². The molecule has 1 aliphatic heterocycles. The van der Waals surface area contributed by atoms with E-state index in [0.29, 0.717) is 19.3 Å². The van der Waals surface area contributed by atoms with E-state index in [9.17, 15) is 0 Å². The summed E-state index contributed by atoms with van der Waals surface area (Å²) >= 11 is 0. The van der Waals surface area contributed by atoms with Gasteiger partial charge in [0.2, 0.25) is 0 Å². The molecule has 0 aromatic heterocycles. The number of ether oxygens (including phenoxy) is 3. The molecule has 1 saturated heterocycles. The Balaban J connectivity index is 1.57. The van der Waals surface area contributed by atoms with Gasteiger partial charge in [0.1, 0.15) is 12.4 Å². The van der Waals surface area contributed by atoms with Crippen molar-refractivity contribution in [3.8, 4) is 5.75 Å². The molecule has 0 saturated carbocycles. The molecule has 0 N–H and O–H groups in total. The van der Waals surface area contributed by atoms with Crippen LogP contribution in [0.3, 0.4) is 0 Å². The molecule has 3 nitrogen and oxygen atoms in total. The Morgan fingerprint density at radius 3 is 2.57 bits per heavy atom. The van der Waals surface area contributed by atoms with Gasteiger partial charge in [0.05, 0.1) is 12.7 Å². The van der Waals surface area contributed by atoms with Crippen LogP contribution in [0.4, 0.5) is 0 Å². The molecule has 21 heavy (non-hydrogen) atoms. The molecule has 0 radical (unpaired) electrons. The van der Waals surface area contributed by atoms with E-state index in [-0.39, 0.29) is 0 Å². The minimum atomic E-state index is 0.331. The predicted octanol–water partition coefficient (Wildman–Crippen LogP) is 3.72. The third-order valence-electron chi connectivity index (χ3n) is 3.96. The van der Waals surface area contributed by atoms with Gasteiger partial charge < -0.3 is 14.2 Å². The first-order valence-corrected chi connectivity index (χ1v) is 7.65. The standard InChI is InChI=1S/C18H22O3/c1-14-6-7-18(17-5-3-2-4-16(14)17)21-13-12-20-15-8-10-19-11-9-15/h2-7,15H,8-13H2,1H3. The molecule has 0 aliphatic carbocycles. The van der Waals surface area contributed by atoms with E-state index < -0.39 is 0 Å². The molecule has 1 aliphatic rings. The second-order valence-corrected chi connectivity index (χ2v) is 5.46. The maximum Gasteiger partial charge on any atom is 0.127 e. The maximum atomic E-state index is 5.91. The molecule has 2 aromatic carbocycles. The normalized spacial score (nSPS) is 16.2. The molecule has 112 valence electrons. The van der Waals surface area contributed by atoms with Crippen LogP contribution in [0.5, 0.6) is 5.75 Å². The lowest BCUT2D eigenvalue weighted by Crippen LogP contribution is -2.25. The Bertz CT molecular complexity index is 588. The Morgan fingerprint density at radius 1 is 1.00 bits per heavy atom. The third-order valence-corrected chi connectivity index (χ3v) is 3.96. The smallest absolute Gasteiger partial charge is 0.127 e. The van der Waals surface area contributed by atoms with Gasteiger partial charge in [-0.15, -0.1) is 0 Å². The summed E-state index contributed by atoms with van der Waals surface area (Å²) in [6.45, 7) is 4.97. The van der Waals surface area contributed by atoms with E-state index in [4.69, 9.17) is 14.2 Å². The van der Waals surface area contributed by atoms with Gasteiger partial charge in [-0.2, -0.15) is 0 Å². The van der Waals surface area contributed by atoms with Gasteiger partial charge in [-0.25, -0.2) is 0 Å². The molecule has 0 atom stereocenters. The van der Waals surface area contributed by atoms with Crippen LogP contribution in [0.1, 0.15) is 18.4 Å². The lowest BCUT2D eigenvalue weighted by molar-refractivity contribution is -0.0387. The number of rotatable bonds is 5. The summed E-state index contributed by atoms with van der Waals surface area (Å²) in [6.07, 6.45) is 2.32. The Kier molecular flexibility index (Phi) is 4.73. The quantitative estimate of drug-likeness (QED) is 0.784. The van der Waals surface area contributed by atoms with Crippen molar-refractivity contribution in [1.82, 2.24) is 0 Å². The molecule has 0 amide bonds. The van der Waals surface area contributed by atoms with Gasteiger partial charge in [-0.05, 0) is 36.8 Å². The molecule has 1 fully saturated rings. The molecular formula is C18H22O3. The fourth-order valence-corrected chi connectivity index (χ4v) is 2.76. The van der Waals surface area contributed by atoms with Crippen LogP contribution in [-0.2, 0) is 9.47 Å². The van der Waals surface area contributed by atoms with Gasteiger partial charge in [0, 0.05) is 18.6 Å². The van der Waals surface area contributed by atoms with Crippen LogP contribution in [0.2, 0.25) is 0 Å². The SMILES string of the molecule is Cc1ccc(OCCOC2CCOCC2)c2ccccc12. The van der Waals surface area contributed by atoms with E-state index in [2.05, 4.69) is 31.2 Å². The summed E-state index contributed by atoms with van der Waals surface area (Å²) in [5.74, 6) is 0.937. The molecule has 2 aromatic rings. The van der Waals surface area contributed by atoms with Crippen LogP contribution < -0.4 is 4.74 Å². The van der Waals surface area contributed by atoms with E-state index in [1.807, 2.05) is 12.1 Å². The Hall–Kier alpha value is -1.58. The Labute approximate surface area is 125 Å². The second-order valence-electron chi connectivity index (χ2n) is 5.46. The fraction of sp³-hybridized carbons (Fsp3) is 0.444. The lowest BCUT2D eigenvalue weighted by Gasteiger charge is -2.22. The zero-order valence-corrected chi connectivity index (χ0v) is 12.5. The summed E-state index contributed by atoms with van der Waals surface area (Å²) in [6, 6.07) is 12.5. The van der Waals surface area contributed by atoms with Crippen molar-refractivity contribution in [2.24, 2.45) is 0 Å². The zero-order chi connectivity index (χ0) is 14.5. The minimum Gasteiger partial charge on any atom is -0.491 e. The van der Waals surface area contributed by atoms with Gasteiger partial charge >= 0.3 is 0 Å². The highest BCUT2D eigenvalue weighted by molar-refractivity contribution is 5.90. The highest BCUT2D eigenvalue weighted by Crippen LogP contribution is 2.28. The Morgan fingerprint density at radius 2 is 1.76 bits per heavy atom. The maximum absolute atomic E-state index is 5.91. The summed E-state index contributed by atoms with van der Waals surface area (Å²) < 4.78 is 17.1. The van der Waals surface area contributed by atoms with E-state index in [0.717, 1.165) is 31.8 Å². The van der Waals surface area contributed by atoms with Crippen molar-refractivity contribution in [2.45, 2.75) is 25.9 Å². The summed E-state index contributed by atoms with van der Waals surface area (Å²) in [5, 5.41) is 2.42. The average Bonchev–Trinajstić information content (AvgIpc) is 2.55. The van der Waals surface area contributed by atoms with Crippen molar-refractivity contribution >= 4 is 10.8 Å². The van der Waals surface area contributed by atoms with Crippen molar-refractivity contribution in [3.05, 3.63) is 42.0 Å². The highest BCUT2D eigenvalue weighted by atomic mass is 16.5. The summed E-state index contributed by atoms with van der Waals surface area (Å²) in [5.41, 5.74) is 1.27. The first-order chi connectivity index (χ1) is 10.3. The van der Waals surface area contributed by atoms with Gasteiger partial charge in [-0.3, -0.25) is 0 Å². The zero-order valence-electron chi connectivity index (χ0n) is 12.5. The number of benzene rings is 2. The monoisotopic (exact) mass is 286 g/mol. The number of aryl methyl sites for hydroxylation is 1.